The number of likely N-dealkylation sites (tertiary alicyclic amines) is 1. The zero-order valence-electron chi connectivity index (χ0n) is 16.2. The number of hydrogen-bond acceptors (Lipinski definition) is 3. The van der Waals surface area contributed by atoms with Crippen molar-refractivity contribution in [2.45, 2.75) is 33.1 Å². The highest BCUT2D eigenvalue weighted by Gasteiger charge is 2.25. The minimum Gasteiger partial charge on any atom is -0.299 e. The fraction of sp³-hybridized carbons (Fsp3) is 0.364. The number of aromatic nitrogens is 3. The van der Waals surface area contributed by atoms with Crippen molar-refractivity contribution in [2.75, 3.05) is 19.6 Å². The normalized spacial score (nSPS) is 18.5. The van der Waals surface area contributed by atoms with E-state index in [0.29, 0.717) is 11.5 Å². The number of aromatic amines is 1. The summed E-state index contributed by atoms with van der Waals surface area (Å²) in [4.78, 5) is 19.5. The summed E-state index contributed by atoms with van der Waals surface area (Å²) >= 11 is 0. The van der Waals surface area contributed by atoms with Crippen LogP contribution >= 0.6 is 0 Å². The van der Waals surface area contributed by atoms with Gasteiger partial charge in [0, 0.05) is 42.0 Å². The van der Waals surface area contributed by atoms with Crippen molar-refractivity contribution in [3.8, 4) is 0 Å². The van der Waals surface area contributed by atoms with Crippen LogP contribution in [0.2, 0.25) is 0 Å². The highest BCUT2D eigenvalue weighted by atomic mass is 16.1. The molecular weight excluding hydrogens is 336 g/mol. The highest BCUT2D eigenvalue weighted by molar-refractivity contribution is 5.52. The molecule has 2 aromatic heterocycles. The molecule has 1 saturated heterocycles. The molecule has 3 heterocycles. The smallest absolute Gasteiger partial charge is 0.275 e. The van der Waals surface area contributed by atoms with Crippen molar-refractivity contribution < 1.29 is 0 Å². The molecule has 0 bridgehead atoms. The molecule has 5 heteroatoms. The van der Waals surface area contributed by atoms with Crippen LogP contribution in [0.3, 0.4) is 0 Å². The molecule has 0 aliphatic carbocycles. The zero-order chi connectivity index (χ0) is 19.0. The van der Waals surface area contributed by atoms with Gasteiger partial charge in [-0.1, -0.05) is 42.0 Å². The second kappa shape index (κ2) is 7.16. The van der Waals surface area contributed by atoms with Crippen molar-refractivity contribution >= 4 is 11.7 Å². The van der Waals surface area contributed by atoms with Crippen LogP contribution in [0.1, 0.15) is 41.8 Å². The molecule has 1 N–H and O–H groups in total. The van der Waals surface area contributed by atoms with E-state index in [2.05, 4.69) is 52.2 Å². The molecular formula is C22H26N4O. The number of benzene rings is 1. The Morgan fingerprint density at radius 2 is 2.07 bits per heavy atom. The molecule has 27 heavy (non-hydrogen) atoms. The van der Waals surface area contributed by atoms with E-state index in [9.17, 15) is 4.79 Å². The van der Waals surface area contributed by atoms with Gasteiger partial charge >= 0.3 is 0 Å². The summed E-state index contributed by atoms with van der Waals surface area (Å²) in [7, 11) is 0. The molecule has 0 saturated carbocycles. The standard InChI is InChI=1S/C22H26N4O/c1-15(11-18-7-5-4-6-8-18)13-25-10-9-19(14-25)20-12-21-23-17(3)16(2)22(27)26(21)24-20/h4-8,11-12,19,24H,9-10,13-14H2,1-3H3/b15-11+/t19-/m1/s1. The molecule has 1 fully saturated rings. The van der Waals surface area contributed by atoms with Gasteiger partial charge in [-0.05, 0) is 39.3 Å². The van der Waals surface area contributed by atoms with Crippen molar-refractivity contribution in [2.24, 2.45) is 0 Å². The monoisotopic (exact) mass is 362 g/mol. The minimum absolute atomic E-state index is 0.000224. The second-order valence-corrected chi connectivity index (χ2v) is 7.65. The van der Waals surface area contributed by atoms with Crippen LogP contribution in [0.25, 0.3) is 11.7 Å². The van der Waals surface area contributed by atoms with E-state index < -0.39 is 0 Å². The lowest BCUT2D eigenvalue weighted by molar-refractivity contribution is 0.363. The third kappa shape index (κ3) is 3.60. The maximum Gasteiger partial charge on any atom is 0.275 e. The number of fused-ring (bicyclic) bond motifs is 1. The van der Waals surface area contributed by atoms with Gasteiger partial charge in [0.05, 0.1) is 0 Å². The lowest BCUT2D eigenvalue weighted by Gasteiger charge is -2.16. The van der Waals surface area contributed by atoms with Gasteiger partial charge < -0.3 is 0 Å². The molecule has 1 aliphatic heterocycles. The van der Waals surface area contributed by atoms with Crippen LogP contribution in [0.4, 0.5) is 0 Å². The Morgan fingerprint density at radius 1 is 1.30 bits per heavy atom. The maximum atomic E-state index is 12.4. The van der Waals surface area contributed by atoms with E-state index in [4.69, 9.17) is 0 Å². The fourth-order valence-corrected chi connectivity index (χ4v) is 3.91. The first-order chi connectivity index (χ1) is 13.0. The molecule has 5 nitrogen and oxygen atoms in total. The van der Waals surface area contributed by atoms with Crippen LogP contribution in [0.5, 0.6) is 0 Å². The Morgan fingerprint density at radius 3 is 2.85 bits per heavy atom. The number of aryl methyl sites for hydroxylation is 1. The summed E-state index contributed by atoms with van der Waals surface area (Å²) in [6.07, 6.45) is 3.35. The maximum absolute atomic E-state index is 12.4. The van der Waals surface area contributed by atoms with Gasteiger partial charge in [0.25, 0.3) is 5.56 Å². The minimum atomic E-state index is 0.000224. The zero-order valence-corrected chi connectivity index (χ0v) is 16.2. The predicted octanol–water partition coefficient (Wildman–Crippen LogP) is 3.53. The van der Waals surface area contributed by atoms with E-state index in [-0.39, 0.29) is 5.56 Å². The largest absolute Gasteiger partial charge is 0.299 e. The van der Waals surface area contributed by atoms with Gasteiger partial charge in [0.15, 0.2) is 5.65 Å². The summed E-state index contributed by atoms with van der Waals surface area (Å²) < 4.78 is 1.58. The first-order valence-electron chi connectivity index (χ1n) is 9.54. The van der Waals surface area contributed by atoms with Gasteiger partial charge in [-0.25, -0.2) is 9.50 Å². The van der Waals surface area contributed by atoms with Crippen LogP contribution in [0.15, 0.2) is 46.8 Å². The Bertz CT molecular complexity index is 1050. The Labute approximate surface area is 159 Å². The topological polar surface area (TPSA) is 53.4 Å². The summed E-state index contributed by atoms with van der Waals surface area (Å²) in [6.45, 7) is 8.96. The molecule has 1 aliphatic rings. The third-order valence-electron chi connectivity index (χ3n) is 5.50. The van der Waals surface area contributed by atoms with E-state index in [0.717, 1.165) is 43.1 Å². The van der Waals surface area contributed by atoms with E-state index in [1.54, 1.807) is 4.52 Å². The molecule has 3 aromatic rings. The van der Waals surface area contributed by atoms with Crippen molar-refractivity contribution in [3.05, 3.63) is 74.8 Å². The quantitative estimate of drug-likeness (QED) is 0.772. The molecule has 1 atom stereocenters. The number of nitrogens with zero attached hydrogens (tertiary/aromatic N) is 3. The van der Waals surface area contributed by atoms with Crippen molar-refractivity contribution in [1.82, 2.24) is 19.5 Å². The third-order valence-corrected chi connectivity index (χ3v) is 5.50. The Kier molecular flexibility index (Phi) is 4.70. The molecule has 0 unspecified atom stereocenters. The van der Waals surface area contributed by atoms with Crippen molar-refractivity contribution in [1.29, 1.82) is 0 Å². The summed E-state index contributed by atoms with van der Waals surface area (Å²) in [6, 6.07) is 12.5. The molecule has 0 amide bonds. The molecule has 0 spiro atoms. The predicted molar refractivity (Wildman–Crippen MR) is 109 cm³/mol. The van der Waals surface area contributed by atoms with Gasteiger partial charge in [0.2, 0.25) is 0 Å². The Balaban J connectivity index is 1.48. The van der Waals surface area contributed by atoms with Gasteiger partial charge in [0.1, 0.15) is 0 Å². The molecule has 0 radical (unpaired) electrons. The fourth-order valence-electron chi connectivity index (χ4n) is 3.91. The van der Waals surface area contributed by atoms with Crippen LogP contribution in [-0.2, 0) is 0 Å². The number of nitrogens with one attached hydrogen (secondary N) is 1. The first kappa shape index (κ1) is 17.7. The molecule has 140 valence electrons. The van der Waals surface area contributed by atoms with Crippen LogP contribution in [0, 0.1) is 13.8 Å². The van der Waals surface area contributed by atoms with Crippen LogP contribution < -0.4 is 5.56 Å². The lowest BCUT2D eigenvalue weighted by Crippen LogP contribution is -2.22. The molecule has 4 rings (SSSR count). The number of rotatable bonds is 4. The van der Waals surface area contributed by atoms with Crippen molar-refractivity contribution in [3.63, 3.8) is 0 Å². The summed E-state index contributed by atoms with van der Waals surface area (Å²) in [5.74, 6) is 0.413. The average molecular weight is 362 g/mol. The first-order valence-corrected chi connectivity index (χ1v) is 9.54. The van der Waals surface area contributed by atoms with Crippen LogP contribution in [-0.4, -0.2) is 39.1 Å². The Hall–Kier alpha value is -2.66. The van der Waals surface area contributed by atoms with Gasteiger partial charge in [-0.15, -0.1) is 0 Å². The average Bonchev–Trinajstić information content (AvgIpc) is 3.27. The van der Waals surface area contributed by atoms with E-state index >= 15 is 0 Å². The van der Waals surface area contributed by atoms with Gasteiger partial charge in [-0.2, -0.15) is 0 Å². The summed E-state index contributed by atoms with van der Waals surface area (Å²) in [5, 5.41) is 3.29. The highest BCUT2D eigenvalue weighted by Crippen LogP contribution is 2.27. The lowest BCUT2D eigenvalue weighted by atomic mass is 10.1. The summed E-state index contributed by atoms with van der Waals surface area (Å²) in [5.41, 5.74) is 5.95. The SMILES string of the molecule is C/C(=C\c1ccccc1)CN1CC[C@@H](c2cc3nc(C)c(C)c(=O)n3[nH]2)C1. The number of hydrogen-bond donors (Lipinski definition) is 1. The second-order valence-electron chi connectivity index (χ2n) is 7.65. The van der Waals surface area contributed by atoms with E-state index in [1.165, 1.54) is 11.1 Å². The van der Waals surface area contributed by atoms with E-state index in [1.807, 2.05) is 26.0 Å². The molecule has 1 aromatic carbocycles. The number of H-pyrrole nitrogens is 1. The van der Waals surface area contributed by atoms with Gasteiger partial charge in [-0.3, -0.25) is 14.8 Å².